The summed E-state index contributed by atoms with van der Waals surface area (Å²) in [6.45, 7) is 12.1. The van der Waals surface area contributed by atoms with Gasteiger partial charge >= 0.3 is 0 Å². The van der Waals surface area contributed by atoms with Crippen LogP contribution in [0.15, 0.2) is 54.6 Å². The Morgan fingerprint density at radius 2 is 1.28 bits per heavy atom. The van der Waals surface area contributed by atoms with Gasteiger partial charge in [-0.25, -0.2) is 0 Å². The largest absolute Gasteiger partial charge is 0.488 e. The molecule has 0 saturated heterocycles. The maximum absolute atomic E-state index is 5.95. The van der Waals surface area contributed by atoms with E-state index in [-0.39, 0.29) is 24.0 Å². The Kier molecular flexibility index (Phi) is 9.83. The van der Waals surface area contributed by atoms with Crippen molar-refractivity contribution >= 4 is 36.1 Å². The number of rotatable bonds is 9. The zero-order valence-corrected chi connectivity index (χ0v) is 18.0. The molecule has 2 rings (SSSR count). The topological polar surface area (TPSA) is 9.23 Å². The predicted octanol–water partition coefficient (Wildman–Crippen LogP) is 5.73. The van der Waals surface area contributed by atoms with E-state index in [4.69, 9.17) is 4.74 Å². The highest BCUT2D eigenvalue weighted by Crippen LogP contribution is 2.15. The molecule has 0 bridgehead atoms. The van der Waals surface area contributed by atoms with E-state index in [2.05, 4.69) is 81.5 Å². The average molecular weight is 452 g/mol. The molecule has 3 heteroatoms. The molecule has 136 valence electrons. The van der Waals surface area contributed by atoms with Crippen LogP contribution in [0.3, 0.4) is 0 Å². The van der Waals surface area contributed by atoms with Gasteiger partial charge in [-0.05, 0) is 44.0 Å². The highest BCUT2D eigenvalue weighted by Gasteiger charge is 2.20. The van der Waals surface area contributed by atoms with Crippen LogP contribution in [-0.2, 0) is 0 Å². The van der Waals surface area contributed by atoms with Crippen LogP contribution >= 0.6 is 24.0 Å². The van der Waals surface area contributed by atoms with Crippen LogP contribution in [0.4, 0.5) is 0 Å². The monoisotopic (exact) mass is 452 g/mol. The normalized spacial score (nSPS) is 11.3. The lowest BCUT2D eigenvalue weighted by molar-refractivity contribution is -0.923. The highest BCUT2D eigenvalue weighted by atomic mass is 127. The lowest BCUT2D eigenvalue weighted by atomic mass is 10.1. The second-order valence-electron chi connectivity index (χ2n) is 6.18. The number of halogens is 1. The summed E-state index contributed by atoms with van der Waals surface area (Å²) >= 11 is 0. The molecule has 0 aliphatic rings. The van der Waals surface area contributed by atoms with Crippen molar-refractivity contribution in [1.29, 1.82) is 0 Å². The summed E-state index contributed by atoms with van der Waals surface area (Å²) in [7, 11) is 0. The first kappa shape index (κ1) is 21.7. The summed E-state index contributed by atoms with van der Waals surface area (Å²) in [5.41, 5.74) is 2.40. The second-order valence-corrected chi connectivity index (χ2v) is 6.18. The number of ether oxygens (including phenoxy) is 1. The Labute approximate surface area is 170 Å². The number of nitrogens with zero attached hydrogens (tertiary/aromatic N) is 1. The molecular weight excluding hydrogens is 421 g/mol. The van der Waals surface area contributed by atoms with Crippen molar-refractivity contribution in [3.8, 4) is 5.75 Å². The minimum Gasteiger partial charge on any atom is -0.488 e. The Morgan fingerprint density at radius 3 is 1.80 bits per heavy atom. The second kappa shape index (κ2) is 11.3. The van der Waals surface area contributed by atoms with Crippen LogP contribution in [0, 0.1) is 0 Å². The van der Waals surface area contributed by atoms with Gasteiger partial charge in [-0.2, -0.15) is 0 Å². The third-order valence-corrected chi connectivity index (χ3v) is 4.99. The molecular formula is C22H31INO+. The first-order valence-electron chi connectivity index (χ1n) is 9.02. The zero-order chi connectivity index (χ0) is 17.3. The molecule has 2 aromatic carbocycles. The van der Waals surface area contributed by atoms with Gasteiger partial charge in [0.2, 0.25) is 0 Å². The Morgan fingerprint density at radius 1 is 0.760 bits per heavy atom. The Hall–Kier alpha value is -1.33. The van der Waals surface area contributed by atoms with Crippen molar-refractivity contribution in [1.82, 2.24) is 0 Å². The molecule has 0 aliphatic carbocycles. The van der Waals surface area contributed by atoms with Gasteiger partial charge in [-0.1, -0.05) is 54.6 Å². The SMILES string of the molecule is CC[N+](CC)(CC)CCOc1ccc(/C=C/c2ccccc2)cc1.I. The van der Waals surface area contributed by atoms with Crippen molar-refractivity contribution in [3.63, 3.8) is 0 Å². The summed E-state index contributed by atoms with van der Waals surface area (Å²) in [6.07, 6.45) is 4.26. The minimum absolute atomic E-state index is 0. The highest BCUT2D eigenvalue weighted by molar-refractivity contribution is 14.0. The van der Waals surface area contributed by atoms with Crippen LogP contribution in [0.2, 0.25) is 0 Å². The molecule has 0 unspecified atom stereocenters. The Balaban J connectivity index is 0.00000312. The molecule has 0 spiro atoms. The molecule has 0 fully saturated rings. The van der Waals surface area contributed by atoms with E-state index in [0.717, 1.165) is 23.4 Å². The van der Waals surface area contributed by atoms with Gasteiger partial charge in [0.25, 0.3) is 0 Å². The molecule has 0 saturated carbocycles. The van der Waals surface area contributed by atoms with Crippen molar-refractivity contribution in [2.75, 3.05) is 32.8 Å². The van der Waals surface area contributed by atoms with Crippen molar-refractivity contribution in [3.05, 3.63) is 65.7 Å². The lowest BCUT2D eigenvalue weighted by Gasteiger charge is -2.35. The molecule has 25 heavy (non-hydrogen) atoms. The third-order valence-electron chi connectivity index (χ3n) is 4.99. The van der Waals surface area contributed by atoms with Crippen molar-refractivity contribution in [2.24, 2.45) is 0 Å². The number of hydrogen-bond acceptors (Lipinski definition) is 1. The van der Waals surface area contributed by atoms with Crippen LogP contribution < -0.4 is 4.74 Å². The van der Waals surface area contributed by atoms with Crippen LogP contribution in [0.5, 0.6) is 5.75 Å². The van der Waals surface area contributed by atoms with Gasteiger partial charge in [0.05, 0.1) is 19.6 Å². The van der Waals surface area contributed by atoms with E-state index in [9.17, 15) is 0 Å². The van der Waals surface area contributed by atoms with E-state index >= 15 is 0 Å². The lowest BCUT2D eigenvalue weighted by Crippen LogP contribution is -2.49. The maximum atomic E-state index is 5.95. The van der Waals surface area contributed by atoms with Gasteiger partial charge in [-0.15, -0.1) is 24.0 Å². The molecule has 0 N–H and O–H groups in total. The smallest absolute Gasteiger partial charge is 0.137 e. The standard InChI is InChI=1S/C22H30NO.HI/c1-4-23(5-2,6-3)18-19-24-22-16-14-21(15-17-22)13-12-20-10-8-7-9-11-20;/h7-17H,4-6,18-19H2,1-3H3;1H/q+1;/b13-12+;. The first-order chi connectivity index (χ1) is 11.7. The minimum atomic E-state index is 0. The van der Waals surface area contributed by atoms with Gasteiger partial charge in [-0.3, -0.25) is 0 Å². The molecule has 0 heterocycles. The van der Waals surface area contributed by atoms with E-state index < -0.39 is 0 Å². The fourth-order valence-corrected chi connectivity index (χ4v) is 2.93. The van der Waals surface area contributed by atoms with Crippen molar-refractivity contribution < 1.29 is 9.22 Å². The van der Waals surface area contributed by atoms with Crippen LogP contribution in [0.25, 0.3) is 12.2 Å². The molecule has 0 radical (unpaired) electrons. The molecule has 0 amide bonds. The van der Waals surface area contributed by atoms with Gasteiger partial charge in [0, 0.05) is 0 Å². The number of likely N-dealkylation sites (N-methyl/N-ethyl adjacent to an activating group) is 1. The number of hydrogen-bond donors (Lipinski definition) is 0. The van der Waals surface area contributed by atoms with Crippen molar-refractivity contribution in [2.45, 2.75) is 20.8 Å². The van der Waals surface area contributed by atoms with Gasteiger partial charge < -0.3 is 9.22 Å². The van der Waals surface area contributed by atoms with Gasteiger partial charge in [0.15, 0.2) is 0 Å². The predicted molar refractivity (Wildman–Crippen MR) is 119 cm³/mol. The summed E-state index contributed by atoms with van der Waals surface area (Å²) in [5.74, 6) is 0.952. The summed E-state index contributed by atoms with van der Waals surface area (Å²) < 4.78 is 7.07. The van der Waals surface area contributed by atoms with Crippen LogP contribution in [0.1, 0.15) is 31.9 Å². The molecule has 2 aromatic rings. The Bertz CT molecular complexity index is 610. The summed E-state index contributed by atoms with van der Waals surface area (Å²) in [6, 6.07) is 18.7. The molecule has 2 nitrogen and oxygen atoms in total. The molecule has 0 aliphatic heterocycles. The number of benzene rings is 2. The zero-order valence-electron chi connectivity index (χ0n) is 15.7. The number of quaternary nitrogens is 1. The molecule has 0 atom stereocenters. The van der Waals surface area contributed by atoms with Gasteiger partial charge in [0.1, 0.15) is 18.9 Å². The van der Waals surface area contributed by atoms with E-state index in [1.807, 2.05) is 6.07 Å². The summed E-state index contributed by atoms with van der Waals surface area (Å²) in [4.78, 5) is 0. The van der Waals surface area contributed by atoms with E-state index in [1.165, 1.54) is 30.8 Å². The molecule has 0 aromatic heterocycles. The summed E-state index contributed by atoms with van der Waals surface area (Å²) in [5, 5.41) is 0. The average Bonchev–Trinajstić information content (AvgIpc) is 2.66. The van der Waals surface area contributed by atoms with E-state index in [0.29, 0.717) is 0 Å². The van der Waals surface area contributed by atoms with Crippen LogP contribution in [-0.4, -0.2) is 37.3 Å². The maximum Gasteiger partial charge on any atom is 0.137 e. The first-order valence-corrected chi connectivity index (χ1v) is 9.02. The third kappa shape index (κ3) is 6.83. The fraction of sp³-hybridized carbons (Fsp3) is 0.364. The van der Waals surface area contributed by atoms with E-state index in [1.54, 1.807) is 0 Å². The fourth-order valence-electron chi connectivity index (χ4n) is 2.93. The quantitative estimate of drug-likeness (QED) is 0.268.